The van der Waals surface area contributed by atoms with Crippen LogP contribution in [0.2, 0.25) is 0 Å². The van der Waals surface area contributed by atoms with E-state index < -0.39 is 0 Å². The Morgan fingerprint density at radius 2 is 1.75 bits per heavy atom. The third-order valence-electron chi connectivity index (χ3n) is 3.96. The van der Waals surface area contributed by atoms with Crippen molar-refractivity contribution in [2.45, 2.75) is 33.6 Å². The summed E-state index contributed by atoms with van der Waals surface area (Å²) >= 11 is 0. The van der Waals surface area contributed by atoms with Gasteiger partial charge in [-0.2, -0.15) is 0 Å². The van der Waals surface area contributed by atoms with Gasteiger partial charge in [0.1, 0.15) is 0 Å². The Balaban J connectivity index is 2.82. The number of nitrogens with zero attached hydrogens (tertiary/aromatic N) is 2. The van der Waals surface area contributed by atoms with E-state index in [4.69, 9.17) is 9.47 Å². The molecular formula is C18H24N2O4. The molecule has 1 aromatic heterocycles. The van der Waals surface area contributed by atoms with Crippen molar-refractivity contribution < 1.29 is 14.6 Å². The molecule has 2 aromatic rings. The van der Waals surface area contributed by atoms with E-state index in [2.05, 4.69) is 5.10 Å². The normalized spacial score (nSPS) is 10.9. The summed E-state index contributed by atoms with van der Waals surface area (Å²) in [6.45, 7) is 6.03. The van der Waals surface area contributed by atoms with Crippen molar-refractivity contribution in [1.82, 2.24) is 9.78 Å². The molecule has 0 fully saturated rings. The molecule has 2 rings (SSSR count). The van der Waals surface area contributed by atoms with Gasteiger partial charge in [-0.3, -0.25) is 4.79 Å². The maximum Gasteiger partial charge on any atom is 0.278 e. The molecule has 6 heteroatoms. The fourth-order valence-corrected chi connectivity index (χ4v) is 2.86. The van der Waals surface area contributed by atoms with Crippen molar-refractivity contribution in [3.63, 3.8) is 0 Å². The molecule has 1 aromatic carbocycles. The van der Waals surface area contributed by atoms with Crippen LogP contribution in [0.25, 0.3) is 11.1 Å². The number of hydrogen-bond donors (Lipinski definition) is 1. The van der Waals surface area contributed by atoms with E-state index >= 15 is 0 Å². The van der Waals surface area contributed by atoms with Gasteiger partial charge in [-0.15, -0.1) is 5.10 Å². The lowest BCUT2D eigenvalue weighted by Crippen LogP contribution is -2.23. The molecule has 6 nitrogen and oxygen atoms in total. The Labute approximate surface area is 141 Å². The Morgan fingerprint density at radius 3 is 2.25 bits per heavy atom. The van der Waals surface area contributed by atoms with Crippen molar-refractivity contribution in [3.05, 3.63) is 39.2 Å². The highest BCUT2D eigenvalue weighted by molar-refractivity contribution is 5.77. The molecule has 0 aliphatic carbocycles. The number of aromatic hydroxyl groups is 1. The number of rotatable bonds is 6. The molecule has 0 radical (unpaired) electrons. The van der Waals surface area contributed by atoms with E-state index in [9.17, 15) is 9.90 Å². The number of aryl methyl sites for hydroxylation is 4. The Bertz CT molecular complexity index is 771. The van der Waals surface area contributed by atoms with Crippen molar-refractivity contribution in [1.29, 1.82) is 0 Å². The molecule has 130 valence electrons. The van der Waals surface area contributed by atoms with Crippen LogP contribution in [0, 0.1) is 6.92 Å². The quantitative estimate of drug-likeness (QED) is 0.823. The molecule has 0 atom stereocenters. The lowest BCUT2D eigenvalue weighted by Gasteiger charge is -2.17. The average Bonchev–Trinajstić information content (AvgIpc) is 2.57. The lowest BCUT2D eigenvalue weighted by atomic mass is 9.90. The van der Waals surface area contributed by atoms with Crippen molar-refractivity contribution in [3.8, 4) is 22.8 Å². The summed E-state index contributed by atoms with van der Waals surface area (Å²) in [5.41, 5.74) is 3.81. The van der Waals surface area contributed by atoms with Gasteiger partial charge in [-0.25, -0.2) is 4.68 Å². The van der Waals surface area contributed by atoms with Gasteiger partial charge in [-0.1, -0.05) is 31.5 Å². The molecule has 0 aliphatic rings. The van der Waals surface area contributed by atoms with Gasteiger partial charge in [0, 0.05) is 14.2 Å². The Morgan fingerprint density at radius 1 is 1.17 bits per heavy atom. The number of aromatic nitrogens is 2. The van der Waals surface area contributed by atoms with E-state index in [1.165, 1.54) is 18.8 Å². The number of hydrogen-bond acceptors (Lipinski definition) is 5. The van der Waals surface area contributed by atoms with Gasteiger partial charge in [0.05, 0.1) is 5.56 Å². The van der Waals surface area contributed by atoms with Crippen molar-refractivity contribution >= 4 is 0 Å². The van der Waals surface area contributed by atoms with Crippen LogP contribution in [0.1, 0.15) is 30.5 Å². The van der Waals surface area contributed by atoms with E-state index in [-0.39, 0.29) is 29.5 Å². The molecule has 0 saturated heterocycles. The predicted molar refractivity (Wildman–Crippen MR) is 92.6 cm³/mol. The van der Waals surface area contributed by atoms with Gasteiger partial charge >= 0.3 is 0 Å². The molecule has 0 aliphatic heterocycles. The monoisotopic (exact) mass is 332 g/mol. The first-order valence-corrected chi connectivity index (χ1v) is 7.99. The maximum absolute atomic E-state index is 12.7. The minimum Gasteiger partial charge on any atom is -0.502 e. The third-order valence-corrected chi connectivity index (χ3v) is 3.96. The minimum atomic E-state index is -0.356. The smallest absolute Gasteiger partial charge is 0.278 e. The second kappa shape index (κ2) is 7.49. The number of ether oxygens (including phenoxy) is 2. The fourth-order valence-electron chi connectivity index (χ4n) is 2.86. The molecule has 0 spiro atoms. The van der Waals surface area contributed by atoms with E-state index in [0.29, 0.717) is 0 Å². The van der Waals surface area contributed by atoms with Crippen LogP contribution in [0.15, 0.2) is 16.9 Å². The van der Waals surface area contributed by atoms with Crippen LogP contribution < -0.4 is 10.3 Å². The zero-order chi connectivity index (χ0) is 17.9. The fraction of sp³-hybridized carbons (Fsp3) is 0.444. The average molecular weight is 332 g/mol. The molecule has 1 heterocycles. The highest BCUT2D eigenvalue weighted by Crippen LogP contribution is 2.37. The summed E-state index contributed by atoms with van der Waals surface area (Å²) in [6, 6.07) is 4.09. The Kier molecular flexibility index (Phi) is 5.62. The highest BCUT2D eigenvalue weighted by Gasteiger charge is 2.22. The SMILES string of the molecule is CCc1cc(C)cc(CC)c1-c1c(O)c(OCOC)nn(C)c1=O. The first-order chi connectivity index (χ1) is 11.4. The summed E-state index contributed by atoms with van der Waals surface area (Å²) < 4.78 is 11.4. The second-order valence-electron chi connectivity index (χ2n) is 5.67. The second-order valence-corrected chi connectivity index (χ2v) is 5.67. The summed E-state index contributed by atoms with van der Waals surface area (Å²) in [6.07, 6.45) is 1.51. The minimum absolute atomic E-state index is 0.0152. The van der Waals surface area contributed by atoms with Crippen LogP contribution >= 0.6 is 0 Å². The Hall–Kier alpha value is -2.34. The molecule has 24 heavy (non-hydrogen) atoms. The molecule has 1 N–H and O–H groups in total. The van der Waals surface area contributed by atoms with E-state index in [1.54, 1.807) is 0 Å². The van der Waals surface area contributed by atoms with Crippen LogP contribution in [0.3, 0.4) is 0 Å². The first-order valence-electron chi connectivity index (χ1n) is 7.99. The van der Waals surface area contributed by atoms with Gasteiger partial charge in [0.15, 0.2) is 12.5 Å². The summed E-state index contributed by atoms with van der Waals surface area (Å²) in [5.74, 6) is -0.262. The van der Waals surface area contributed by atoms with Crippen LogP contribution in [-0.2, 0) is 24.6 Å². The van der Waals surface area contributed by atoms with Crippen LogP contribution in [0.4, 0.5) is 0 Å². The topological polar surface area (TPSA) is 73.6 Å². The highest BCUT2D eigenvalue weighted by atomic mass is 16.7. The number of benzene rings is 1. The first kappa shape index (κ1) is 18.0. The molecule has 0 unspecified atom stereocenters. The van der Waals surface area contributed by atoms with Gasteiger partial charge < -0.3 is 14.6 Å². The van der Waals surface area contributed by atoms with Crippen molar-refractivity contribution in [2.24, 2.45) is 7.05 Å². The third kappa shape index (κ3) is 3.28. The largest absolute Gasteiger partial charge is 0.502 e. The van der Waals surface area contributed by atoms with Gasteiger partial charge in [-0.05, 0) is 36.5 Å². The van der Waals surface area contributed by atoms with E-state index in [0.717, 1.165) is 35.1 Å². The summed E-state index contributed by atoms with van der Waals surface area (Å²) in [5, 5.41) is 14.6. The van der Waals surface area contributed by atoms with Gasteiger partial charge in [0.25, 0.3) is 11.4 Å². The lowest BCUT2D eigenvalue weighted by molar-refractivity contribution is 0.0443. The van der Waals surface area contributed by atoms with Crippen LogP contribution in [0.5, 0.6) is 11.6 Å². The summed E-state index contributed by atoms with van der Waals surface area (Å²) in [7, 11) is 3.01. The van der Waals surface area contributed by atoms with Crippen LogP contribution in [-0.4, -0.2) is 28.8 Å². The molecule has 0 amide bonds. The number of methoxy groups -OCH3 is 1. The van der Waals surface area contributed by atoms with Gasteiger partial charge in [0.2, 0.25) is 0 Å². The molecule has 0 bridgehead atoms. The summed E-state index contributed by atoms with van der Waals surface area (Å²) in [4.78, 5) is 12.7. The van der Waals surface area contributed by atoms with E-state index in [1.807, 2.05) is 32.9 Å². The zero-order valence-electron chi connectivity index (χ0n) is 14.8. The predicted octanol–water partition coefficient (Wildman–Crippen LogP) is 2.57. The molecule has 0 saturated carbocycles. The molecular weight excluding hydrogens is 308 g/mol. The zero-order valence-corrected chi connectivity index (χ0v) is 14.8. The van der Waals surface area contributed by atoms with Crippen molar-refractivity contribution in [2.75, 3.05) is 13.9 Å². The standard InChI is InChI=1S/C18H24N2O4/c1-6-12-8-11(3)9-13(7-2)14(12)15-16(21)17(24-10-23-5)19-20(4)18(15)22/h8-9,21H,6-7,10H2,1-5H3. The maximum atomic E-state index is 12.7.